The van der Waals surface area contributed by atoms with Crippen molar-refractivity contribution in [3.8, 4) is 0 Å². The van der Waals surface area contributed by atoms with Gasteiger partial charge in [0.05, 0.1) is 28.3 Å². The van der Waals surface area contributed by atoms with Crippen molar-refractivity contribution >= 4 is 35.8 Å². The van der Waals surface area contributed by atoms with E-state index in [4.69, 9.17) is 23.8 Å². The summed E-state index contributed by atoms with van der Waals surface area (Å²) in [7, 11) is -0.604. The Morgan fingerprint density at radius 1 is 1.00 bits per heavy atom. The van der Waals surface area contributed by atoms with Crippen LogP contribution in [0.2, 0.25) is 0 Å². The van der Waals surface area contributed by atoms with Gasteiger partial charge in [-0.05, 0) is 96.8 Å². The summed E-state index contributed by atoms with van der Waals surface area (Å²) in [6.07, 6.45) is 1.79. The number of carbonyl (C=O) groups excluding carboxylic acids is 2. The zero-order chi connectivity index (χ0) is 30.0. The molecule has 1 amide bonds. The Labute approximate surface area is 247 Å². The first-order valence-corrected chi connectivity index (χ1v) is 14.8. The fourth-order valence-electron chi connectivity index (χ4n) is 6.31. The summed E-state index contributed by atoms with van der Waals surface area (Å²) in [5, 5.41) is 0. The molecule has 2 saturated heterocycles. The minimum Gasteiger partial charge on any atom is -0.444 e. The van der Waals surface area contributed by atoms with Crippen LogP contribution in [-0.2, 0) is 25.4 Å². The monoisotopic (exact) mass is 573 g/mol. The highest BCUT2D eigenvalue weighted by molar-refractivity contribution is 6.62. The van der Waals surface area contributed by atoms with Gasteiger partial charge < -0.3 is 18.8 Å². The molecule has 3 atom stereocenters. The van der Waals surface area contributed by atoms with E-state index in [1.54, 1.807) is 4.90 Å². The lowest BCUT2D eigenvalue weighted by Crippen LogP contribution is -2.44. The number of hydrogen-bond donors (Lipinski definition) is 0. The molecule has 1 aliphatic carbocycles. The van der Waals surface area contributed by atoms with E-state index in [2.05, 4.69) is 0 Å². The molecular weight excluding hydrogens is 533 g/mol. The average molecular weight is 573 g/mol. The lowest BCUT2D eigenvalue weighted by atomic mass is 9.79. The lowest BCUT2D eigenvalue weighted by Gasteiger charge is -2.36. The van der Waals surface area contributed by atoms with E-state index >= 15 is 0 Å². The van der Waals surface area contributed by atoms with Crippen molar-refractivity contribution in [3.05, 3.63) is 59.9 Å². The number of imidazole rings is 1. The molecule has 222 valence electrons. The third-order valence-electron chi connectivity index (χ3n) is 9.07. The molecule has 3 heterocycles. The van der Waals surface area contributed by atoms with Gasteiger partial charge in [0.25, 0.3) is 0 Å². The van der Waals surface area contributed by atoms with Gasteiger partial charge in [-0.2, -0.15) is 0 Å². The number of benzene rings is 2. The van der Waals surface area contributed by atoms with Gasteiger partial charge in [0.1, 0.15) is 18.0 Å². The fourth-order valence-corrected chi connectivity index (χ4v) is 6.31. The van der Waals surface area contributed by atoms with E-state index in [-0.39, 0.29) is 24.7 Å². The van der Waals surface area contributed by atoms with Gasteiger partial charge in [-0.3, -0.25) is 4.90 Å². The van der Waals surface area contributed by atoms with Crippen molar-refractivity contribution in [2.75, 3.05) is 0 Å². The van der Waals surface area contributed by atoms with Crippen molar-refractivity contribution in [1.82, 2.24) is 14.5 Å². The average Bonchev–Trinajstić information content (AvgIpc) is 3.66. The van der Waals surface area contributed by atoms with Crippen LogP contribution in [0.25, 0.3) is 11.0 Å². The highest BCUT2D eigenvalue weighted by atomic mass is 16.7. The zero-order valence-electron chi connectivity index (χ0n) is 25.5. The second-order valence-corrected chi connectivity index (χ2v) is 13.7. The third-order valence-corrected chi connectivity index (χ3v) is 9.07. The van der Waals surface area contributed by atoms with Gasteiger partial charge in [0.15, 0.2) is 0 Å². The molecule has 3 fully saturated rings. The molecular formula is C32H40BN3O6. The van der Waals surface area contributed by atoms with Crippen molar-refractivity contribution in [3.63, 3.8) is 0 Å². The maximum absolute atomic E-state index is 13.9. The second kappa shape index (κ2) is 10.1. The summed E-state index contributed by atoms with van der Waals surface area (Å²) >= 11 is 0. The maximum Gasteiger partial charge on any atom is 0.494 e. The number of rotatable bonds is 4. The second-order valence-electron chi connectivity index (χ2n) is 13.7. The molecule has 1 aromatic heterocycles. The lowest BCUT2D eigenvalue weighted by molar-refractivity contribution is 0.00567. The zero-order valence-corrected chi connectivity index (χ0v) is 25.5. The summed E-state index contributed by atoms with van der Waals surface area (Å²) in [6.45, 7) is 13.7. The number of hydrogen-bond acceptors (Lipinski definition) is 7. The van der Waals surface area contributed by atoms with E-state index in [0.717, 1.165) is 30.3 Å². The SMILES string of the molecule is CC(C)(C)OC(=O)N1C2CC[C@@H](C2)[C@H]1c1nc2ccc(B3OC(C)(C)C(C)(C)O3)cc2n1C(=O)OCc1ccccc1. The van der Waals surface area contributed by atoms with Gasteiger partial charge in [0.2, 0.25) is 0 Å². The first-order chi connectivity index (χ1) is 19.7. The fraction of sp³-hybridized carbons (Fsp3) is 0.531. The Morgan fingerprint density at radius 3 is 2.36 bits per heavy atom. The summed E-state index contributed by atoms with van der Waals surface area (Å²) in [6, 6.07) is 14.9. The number of likely N-dealkylation sites (tertiary alicyclic amines) is 1. The highest BCUT2D eigenvalue weighted by Gasteiger charge is 2.53. The van der Waals surface area contributed by atoms with Crippen LogP contribution in [0.5, 0.6) is 0 Å². The molecule has 6 rings (SSSR count). The minimum atomic E-state index is -0.643. The first-order valence-electron chi connectivity index (χ1n) is 14.8. The topological polar surface area (TPSA) is 92.1 Å². The molecule has 0 spiro atoms. The van der Waals surface area contributed by atoms with Crippen molar-refractivity contribution in [1.29, 1.82) is 0 Å². The molecule has 3 aromatic rings. The Hall–Kier alpha value is -3.37. The van der Waals surface area contributed by atoms with Gasteiger partial charge in [-0.1, -0.05) is 36.4 Å². The molecule has 2 bridgehead atoms. The van der Waals surface area contributed by atoms with E-state index in [0.29, 0.717) is 16.9 Å². The van der Waals surface area contributed by atoms with Crippen LogP contribution in [0.1, 0.15) is 85.2 Å². The van der Waals surface area contributed by atoms with Crippen LogP contribution >= 0.6 is 0 Å². The normalized spacial score (nSPS) is 24.4. The van der Waals surface area contributed by atoms with Crippen LogP contribution in [-0.4, -0.2) is 56.6 Å². The van der Waals surface area contributed by atoms with Crippen LogP contribution in [0, 0.1) is 5.92 Å². The summed E-state index contributed by atoms with van der Waals surface area (Å²) < 4.78 is 25.8. The summed E-state index contributed by atoms with van der Waals surface area (Å²) in [5.74, 6) is 0.662. The molecule has 3 aliphatic rings. The molecule has 10 heteroatoms. The van der Waals surface area contributed by atoms with Gasteiger partial charge in [-0.25, -0.2) is 19.1 Å². The predicted octanol–water partition coefficient (Wildman–Crippen LogP) is 5.98. The molecule has 0 N–H and O–H groups in total. The first kappa shape index (κ1) is 28.7. The maximum atomic E-state index is 13.9. The van der Waals surface area contributed by atoms with E-state index in [1.807, 2.05) is 97.0 Å². The Kier molecular flexibility index (Phi) is 6.93. The van der Waals surface area contributed by atoms with Crippen molar-refractivity contribution < 1.29 is 28.4 Å². The largest absolute Gasteiger partial charge is 0.494 e. The Morgan fingerprint density at radius 2 is 1.69 bits per heavy atom. The number of nitrogens with zero attached hydrogens (tertiary/aromatic N) is 3. The van der Waals surface area contributed by atoms with Crippen molar-refractivity contribution in [2.24, 2.45) is 5.92 Å². The smallest absolute Gasteiger partial charge is 0.444 e. The third kappa shape index (κ3) is 5.09. The van der Waals surface area contributed by atoms with E-state index < -0.39 is 36.1 Å². The van der Waals surface area contributed by atoms with E-state index in [9.17, 15) is 9.59 Å². The van der Waals surface area contributed by atoms with Crippen LogP contribution in [0.4, 0.5) is 9.59 Å². The molecule has 2 aromatic carbocycles. The number of ether oxygens (including phenoxy) is 2. The van der Waals surface area contributed by atoms with Crippen LogP contribution < -0.4 is 5.46 Å². The van der Waals surface area contributed by atoms with Crippen LogP contribution in [0.3, 0.4) is 0 Å². The van der Waals surface area contributed by atoms with Crippen molar-refractivity contribution in [2.45, 2.75) is 103 Å². The number of aromatic nitrogens is 2. The van der Waals surface area contributed by atoms with Crippen LogP contribution in [0.15, 0.2) is 48.5 Å². The number of amides is 1. The predicted molar refractivity (Wildman–Crippen MR) is 159 cm³/mol. The molecule has 1 saturated carbocycles. The molecule has 42 heavy (non-hydrogen) atoms. The summed E-state index contributed by atoms with van der Waals surface area (Å²) in [4.78, 5) is 34.2. The minimum absolute atomic E-state index is 0.0452. The van der Waals surface area contributed by atoms with Gasteiger partial charge in [0, 0.05) is 6.04 Å². The summed E-state index contributed by atoms with van der Waals surface area (Å²) in [5.41, 5.74) is 1.21. The van der Waals surface area contributed by atoms with Gasteiger partial charge in [-0.15, -0.1) is 0 Å². The Bertz CT molecular complexity index is 1500. The number of piperidine rings is 1. The molecule has 2 aliphatic heterocycles. The van der Waals surface area contributed by atoms with Gasteiger partial charge >= 0.3 is 19.3 Å². The Balaban J connectivity index is 1.42. The molecule has 0 radical (unpaired) electrons. The molecule has 9 nitrogen and oxygen atoms in total. The molecule has 1 unspecified atom stereocenters. The number of fused-ring (bicyclic) bond motifs is 3. The van der Waals surface area contributed by atoms with E-state index in [1.165, 1.54) is 4.57 Å². The quantitative estimate of drug-likeness (QED) is 0.355. The highest BCUT2D eigenvalue weighted by Crippen LogP contribution is 2.51. The number of carbonyl (C=O) groups is 2. The standard InChI is InChI=1S/C32H40BN3O6/c1-30(2,3)40-29(38)35-23-15-13-21(17-23)26(35)27-34-24-16-14-22(33-41-31(4,5)32(6,7)42-33)18-25(24)36(27)28(37)39-19-20-11-9-8-10-12-20/h8-12,14,16,18,21,23,26H,13,15,17,19H2,1-7H3/t21-,23?,26-/m0/s1.